The van der Waals surface area contributed by atoms with Gasteiger partial charge >= 0.3 is 0 Å². The Morgan fingerprint density at radius 3 is 1.00 bits per heavy atom. The third kappa shape index (κ3) is 10.8. The molecule has 0 bridgehead atoms. The van der Waals surface area contributed by atoms with E-state index in [4.69, 9.17) is 0 Å². The second-order valence-corrected chi connectivity index (χ2v) is 9.46. The van der Waals surface area contributed by atoms with Crippen LogP contribution in [0.2, 0.25) is 0 Å². The Morgan fingerprint density at radius 1 is 0.407 bits per heavy atom. The first-order valence-corrected chi connectivity index (χ1v) is 11.7. The minimum atomic E-state index is 0.730. The van der Waals surface area contributed by atoms with Crippen molar-refractivity contribution in [1.82, 2.24) is 19.6 Å². The van der Waals surface area contributed by atoms with Gasteiger partial charge in [0, 0.05) is 44.3 Å². The van der Waals surface area contributed by atoms with Gasteiger partial charge in [-0.25, -0.2) is 0 Å². The molecular weight excluding hydrogens is 332 g/mol. The minimum absolute atomic E-state index is 0.730. The molecule has 3 heterocycles. The average Bonchev–Trinajstić information content (AvgIpc) is 3.19. The van der Waals surface area contributed by atoms with Gasteiger partial charge < -0.3 is 14.7 Å². The van der Waals surface area contributed by atoms with Crippen LogP contribution < -0.4 is 0 Å². The Balaban J connectivity index is 0.000000204. The molecule has 0 saturated carbocycles. The molecule has 162 valence electrons. The van der Waals surface area contributed by atoms with Crippen LogP contribution >= 0.6 is 0 Å². The monoisotopic (exact) mass is 382 g/mol. The lowest BCUT2D eigenvalue weighted by atomic mass is 10.1. The molecule has 0 aliphatic carbocycles. The van der Waals surface area contributed by atoms with Gasteiger partial charge in [-0.05, 0) is 100 Å². The minimum Gasteiger partial charge on any atom is -0.304 e. The highest BCUT2D eigenvalue weighted by atomic mass is 15.3. The molecule has 0 spiro atoms. The number of likely N-dealkylation sites (N-methyl/N-ethyl adjacent to an activating group) is 1. The van der Waals surface area contributed by atoms with E-state index in [9.17, 15) is 0 Å². The summed E-state index contributed by atoms with van der Waals surface area (Å²) in [6.07, 6.45) is 7.11. The second kappa shape index (κ2) is 13.9. The number of hydrogen-bond acceptors (Lipinski definition) is 4. The van der Waals surface area contributed by atoms with Crippen LogP contribution in [0.25, 0.3) is 0 Å². The smallest absolute Gasteiger partial charge is 0.0112 e. The fraction of sp³-hybridized carbons (Fsp3) is 1.00. The average molecular weight is 383 g/mol. The van der Waals surface area contributed by atoms with Crippen molar-refractivity contribution in [2.24, 2.45) is 0 Å². The van der Waals surface area contributed by atoms with E-state index in [1.165, 1.54) is 84.5 Å². The van der Waals surface area contributed by atoms with Gasteiger partial charge in [0.2, 0.25) is 0 Å². The molecule has 0 aromatic rings. The highest BCUT2D eigenvalue weighted by Crippen LogP contribution is 2.11. The molecule has 3 fully saturated rings. The van der Waals surface area contributed by atoms with E-state index in [1.807, 2.05) is 0 Å². The summed E-state index contributed by atoms with van der Waals surface area (Å²) in [6, 6.07) is 2.27. The standard InChI is InChI=1S/C8H18N2.C8H17N.C7H15N/c1-8(2)10-6-4-9(3)5-7-10;1-8(2)9-6-4-3-5-7-9;1-7(2)8-5-3-4-6-8/h8H,4-7H2,1-3H3;8H,3-7H2,1-2H3;7H,3-6H2,1-2H3. The van der Waals surface area contributed by atoms with Gasteiger partial charge in [-0.15, -0.1) is 0 Å². The second-order valence-electron chi connectivity index (χ2n) is 9.46. The van der Waals surface area contributed by atoms with Crippen LogP contribution in [0.3, 0.4) is 0 Å². The molecule has 0 aromatic carbocycles. The van der Waals surface area contributed by atoms with Crippen LogP contribution in [0, 0.1) is 0 Å². The maximum atomic E-state index is 2.56. The Kier molecular flexibility index (Phi) is 12.8. The van der Waals surface area contributed by atoms with Crippen molar-refractivity contribution in [3.63, 3.8) is 0 Å². The van der Waals surface area contributed by atoms with Crippen molar-refractivity contribution in [3.05, 3.63) is 0 Å². The summed E-state index contributed by atoms with van der Waals surface area (Å²) in [5, 5.41) is 0. The summed E-state index contributed by atoms with van der Waals surface area (Å²) < 4.78 is 0. The lowest BCUT2D eigenvalue weighted by Crippen LogP contribution is -2.47. The molecule has 4 nitrogen and oxygen atoms in total. The zero-order chi connectivity index (χ0) is 20.2. The summed E-state index contributed by atoms with van der Waals surface area (Å²) in [7, 11) is 2.19. The van der Waals surface area contributed by atoms with Crippen molar-refractivity contribution >= 4 is 0 Å². The molecule has 0 radical (unpaired) electrons. The number of hydrogen-bond donors (Lipinski definition) is 0. The zero-order valence-corrected chi connectivity index (χ0v) is 19.7. The zero-order valence-electron chi connectivity index (χ0n) is 19.7. The quantitative estimate of drug-likeness (QED) is 0.731. The molecule has 3 saturated heterocycles. The maximum absolute atomic E-state index is 2.56. The van der Waals surface area contributed by atoms with Gasteiger partial charge in [-0.2, -0.15) is 0 Å². The van der Waals surface area contributed by atoms with Crippen molar-refractivity contribution in [2.75, 3.05) is 59.4 Å². The molecule has 0 amide bonds. The first-order valence-electron chi connectivity index (χ1n) is 11.7. The Hall–Kier alpha value is -0.160. The predicted octanol–water partition coefficient (Wildman–Crippen LogP) is 4.01. The summed E-state index contributed by atoms with van der Waals surface area (Å²) in [5.74, 6) is 0. The summed E-state index contributed by atoms with van der Waals surface area (Å²) >= 11 is 0. The summed E-state index contributed by atoms with van der Waals surface area (Å²) in [5.41, 5.74) is 0. The van der Waals surface area contributed by atoms with Crippen LogP contribution in [0.15, 0.2) is 0 Å². The lowest BCUT2D eigenvalue weighted by molar-refractivity contribution is 0.126. The highest BCUT2D eigenvalue weighted by molar-refractivity contribution is 4.71. The van der Waals surface area contributed by atoms with Crippen LogP contribution in [0.5, 0.6) is 0 Å². The molecule has 0 unspecified atom stereocenters. The van der Waals surface area contributed by atoms with E-state index >= 15 is 0 Å². The number of piperidine rings is 1. The van der Waals surface area contributed by atoms with E-state index in [1.54, 1.807) is 0 Å². The summed E-state index contributed by atoms with van der Waals surface area (Å²) in [4.78, 5) is 10.0. The van der Waals surface area contributed by atoms with Crippen LogP contribution in [-0.2, 0) is 0 Å². The molecular formula is C23H50N4. The van der Waals surface area contributed by atoms with Crippen molar-refractivity contribution in [1.29, 1.82) is 0 Å². The van der Waals surface area contributed by atoms with E-state index in [0.29, 0.717) is 0 Å². The molecule has 0 N–H and O–H groups in total. The molecule has 0 aromatic heterocycles. The molecule has 4 heteroatoms. The maximum Gasteiger partial charge on any atom is 0.0112 e. The first kappa shape index (κ1) is 24.9. The molecule has 0 atom stereocenters. The number of piperazine rings is 1. The van der Waals surface area contributed by atoms with Gasteiger partial charge in [0.05, 0.1) is 0 Å². The Bertz CT molecular complexity index is 336. The number of likely N-dealkylation sites (tertiary alicyclic amines) is 2. The van der Waals surface area contributed by atoms with Crippen LogP contribution in [-0.4, -0.2) is 97.1 Å². The SMILES string of the molecule is CC(C)N1CCCC1.CC(C)N1CCCCC1.CC(C)N1CCN(C)CC1. The third-order valence-corrected chi connectivity index (χ3v) is 6.26. The van der Waals surface area contributed by atoms with Crippen molar-refractivity contribution in [3.8, 4) is 0 Å². The molecule has 3 aliphatic rings. The summed E-state index contributed by atoms with van der Waals surface area (Å²) in [6.45, 7) is 23.9. The Labute approximate surface area is 171 Å². The molecule has 27 heavy (non-hydrogen) atoms. The van der Waals surface area contributed by atoms with Gasteiger partial charge in [0.25, 0.3) is 0 Å². The topological polar surface area (TPSA) is 13.0 Å². The van der Waals surface area contributed by atoms with E-state index in [-0.39, 0.29) is 0 Å². The van der Waals surface area contributed by atoms with E-state index < -0.39 is 0 Å². The fourth-order valence-corrected chi connectivity index (χ4v) is 4.03. The molecule has 3 rings (SSSR count). The largest absolute Gasteiger partial charge is 0.304 e. The van der Waals surface area contributed by atoms with Crippen molar-refractivity contribution in [2.45, 2.75) is 91.8 Å². The number of nitrogens with zero attached hydrogens (tertiary/aromatic N) is 4. The van der Waals surface area contributed by atoms with Gasteiger partial charge in [0.15, 0.2) is 0 Å². The van der Waals surface area contributed by atoms with E-state index in [0.717, 1.165) is 18.1 Å². The normalized spacial score (nSPS) is 23.3. The van der Waals surface area contributed by atoms with Gasteiger partial charge in [-0.1, -0.05) is 6.42 Å². The highest BCUT2D eigenvalue weighted by Gasteiger charge is 2.15. The first-order chi connectivity index (χ1) is 12.8. The van der Waals surface area contributed by atoms with Crippen LogP contribution in [0.4, 0.5) is 0 Å². The van der Waals surface area contributed by atoms with Gasteiger partial charge in [0.1, 0.15) is 0 Å². The van der Waals surface area contributed by atoms with Crippen molar-refractivity contribution < 1.29 is 0 Å². The Morgan fingerprint density at radius 2 is 0.704 bits per heavy atom. The third-order valence-electron chi connectivity index (χ3n) is 6.26. The van der Waals surface area contributed by atoms with Crippen LogP contribution in [0.1, 0.15) is 73.6 Å². The fourth-order valence-electron chi connectivity index (χ4n) is 4.03. The van der Waals surface area contributed by atoms with Gasteiger partial charge in [-0.3, -0.25) is 4.90 Å². The number of rotatable bonds is 3. The van der Waals surface area contributed by atoms with E-state index in [2.05, 4.69) is 68.2 Å². The molecule has 3 aliphatic heterocycles. The predicted molar refractivity (Wildman–Crippen MR) is 121 cm³/mol. The lowest BCUT2D eigenvalue weighted by Gasteiger charge is -2.34.